The number of carbonyl (C=O) groups is 1. The third-order valence-electron chi connectivity index (χ3n) is 3.96. The van der Waals surface area contributed by atoms with Gasteiger partial charge in [-0.05, 0) is 31.9 Å². The van der Waals surface area contributed by atoms with E-state index >= 15 is 0 Å². The summed E-state index contributed by atoms with van der Waals surface area (Å²) >= 11 is 0. The van der Waals surface area contributed by atoms with Crippen molar-refractivity contribution >= 4 is 18.3 Å². The highest BCUT2D eigenvalue weighted by Gasteiger charge is 2.33. The SMILES string of the molecule is COc1cc(F)c(C(=O)N2CC(CN)CC2C)cc1OC.Cl. The molecule has 0 spiro atoms. The molecule has 1 aliphatic heterocycles. The molecule has 0 aromatic heterocycles. The van der Waals surface area contributed by atoms with Crippen LogP contribution in [0.1, 0.15) is 23.7 Å². The zero-order valence-electron chi connectivity index (χ0n) is 13.0. The second kappa shape index (κ2) is 7.65. The number of methoxy groups -OCH3 is 2. The van der Waals surface area contributed by atoms with Gasteiger partial charge in [-0.15, -0.1) is 12.4 Å². The lowest BCUT2D eigenvalue weighted by Crippen LogP contribution is -2.35. The summed E-state index contributed by atoms with van der Waals surface area (Å²) in [7, 11) is 2.88. The van der Waals surface area contributed by atoms with Gasteiger partial charge in [0, 0.05) is 18.7 Å². The van der Waals surface area contributed by atoms with Gasteiger partial charge < -0.3 is 20.1 Å². The van der Waals surface area contributed by atoms with Crippen molar-refractivity contribution < 1.29 is 18.7 Å². The standard InChI is InChI=1S/C15H21FN2O3.ClH/c1-9-4-10(7-17)8-18(9)15(19)11-5-13(20-2)14(21-3)6-12(11)16;/h5-6,9-10H,4,7-8,17H2,1-3H3;1H. The Kier molecular flexibility index (Phi) is 6.44. The molecule has 1 fully saturated rings. The Morgan fingerprint density at radius 1 is 1.36 bits per heavy atom. The lowest BCUT2D eigenvalue weighted by molar-refractivity contribution is 0.0738. The monoisotopic (exact) mass is 332 g/mol. The van der Waals surface area contributed by atoms with Crippen LogP contribution >= 0.6 is 12.4 Å². The molecular weight excluding hydrogens is 311 g/mol. The Balaban J connectivity index is 0.00000242. The molecule has 2 N–H and O–H groups in total. The van der Waals surface area contributed by atoms with Crippen LogP contribution in [-0.2, 0) is 0 Å². The summed E-state index contributed by atoms with van der Waals surface area (Å²) in [6, 6.07) is 2.62. The second-order valence-corrected chi connectivity index (χ2v) is 5.33. The predicted molar refractivity (Wildman–Crippen MR) is 84.4 cm³/mol. The average molecular weight is 333 g/mol. The number of rotatable bonds is 4. The number of hydrogen-bond donors (Lipinski definition) is 1. The lowest BCUT2D eigenvalue weighted by Gasteiger charge is -2.22. The maximum atomic E-state index is 14.2. The number of hydrogen-bond acceptors (Lipinski definition) is 4. The summed E-state index contributed by atoms with van der Waals surface area (Å²) in [5.41, 5.74) is 5.66. The molecule has 7 heteroatoms. The number of carbonyl (C=O) groups excluding carboxylic acids is 1. The van der Waals surface area contributed by atoms with Gasteiger partial charge in [0.1, 0.15) is 5.82 Å². The van der Waals surface area contributed by atoms with Gasteiger partial charge in [0.05, 0.1) is 19.8 Å². The van der Waals surface area contributed by atoms with Crippen LogP contribution < -0.4 is 15.2 Å². The minimum Gasteiger partial charge on any atom is -0.493 e. The van der Waals surface area contributed by atoms with Crippen LogP contribution in [0.15, 0.2) is 12.1 Å². The first-order valence-corrected chi connectivity index (χ1v) is 6.94. The molecule has 1 aromatic rings. The molecule has 124 valence electrons. The minimum absolute atomic E-state index is 0. The van der Waals surface area contributed by atoms with Gasteiger partial charge in [-0.1, -0.05) is 0 Å². The highest BCUT2D eigenvalue weighted by molar-refractivity contribution is 5.95. The zero-order chi connectivity index (χ0) is 15.6. The summed E-state index contributed by atoms with van der Waals surface area (Å²) in [4.78, 5) is 14.2. The van der Waals surface area contributed by atoms with E-state index in [9.17, 15) is 9.18 Å². The lowest BCUT2D eigenvalue weighted by atomic mass is 10.1. The first kappa shape index (κ1) is 18.5. The second-order valence-electron chi connectivity index (χ2n) is 5.33. The van der Waals surface area contributed by atoms with Gasteiger partial charge in [0.25, 0.3) is 5.91 Å². The van der Waals surface area contributed by atoms with Crippen LogP contribution in [0.5, 0.6) is 11.5 Å². The topological polar surface area (TPSA) is 64.8 Å². The van der Waals surface area contributed by atoms with E-state index < -0.39 is 5.82 Å². The van der Waals surface area contributed by atoms with Crippen LogP contribution in [0, 0.1) is 11.7 Å². The molecule has 0 bridgehead atoms. The van der Waals surface area contributed by atoms with Crippen molar-refractivity contribution in [2.24, 2.45) is 11.7 Å². The summed E-state index contributed by atoms with van der Waals surface area (Å²) in [6.07, 6.45) is 0.844. The van der Waals surface area contributed by atoms with Gasteiger partial charge >= 0.3 is 0 Å². The van der Waals surface area contributed by atoms with Gasteiger partial charge in [-0.25, -0.2) is 4.39 Å². The number of benzene rings is 1. The molecule has 1 aliphatic rings. The summed E-state index contributed by atoms with van der Waals surface area (Å²) < 4.78 is 24.3. The molecule has 5 nitrogen and oxygen atoms in total. The number of ether oxygens (including phenoxy) is 2. The first-order chi connectivity index (χ1) is 10.0. The van der Waals surface area contributed by atoms with Crippen LogP contribution in [0.25, 0.3) is 0 Å². The van der Waals surface area contributed by atoms with Crippen molar-refractivity contribution in [3.05, 3.63) is 23.5 Å². The summed E-state index contributed by atoms with van der Waals surface area (Å²) in [6.45, 7) is 3.04. The molecular formula is C15H22ClFN2O3. The summed E-state index contributed by atoms with van der Waals surface area (Å²) in [5, 5.41) is 0. The van der Waals surface area contributed by atoms with Gasteiger partial charge in [0.15, 0.2) is 11.5 Å². The molecule has 0 aliphatic carbocycles. The Bertz CT molecular complexity index is 542. The fourth-order valence-corrected chi connectivity index (χ4v) is 2.77. The smallest absolute Gasteiger partial charge is 0.257 e. The van der Waals surface area contributed by atoms with Crippen molar-refractivity contribution in [3.63, 3.8) is 0 Å². The van der Waals surface area contributed by atoms with Crippen molar-refractivity contribution in [1.29, 1.82) is 0 Å². The van der Waals surface area contributed by atoms with E-state index in [0.29, 0.717) is 18.8 Å². The van der Waals surface area contributed by atoms with Crippen LogP contribution in [0.4, 0.5) is 4.39 Å². The number of amides is 1. The Hall–Kier alpha value is -1.53. The largest absolute Gasteiger partial charge is 0.493 e. The molecule has 1 aromatic carbocycles. The highest BCUT2D eigenvalue weighted by atomic mass is 35.5. The van der Waals surface area contributed by atoms with E-state index in [2.05, 4.69) is 0 Å². The Morgan fingerprint density at radius 3 is 2.45 bits per heavy atom. The van der Waals surface area contributed by atoms with Crippen molar-refractivity contribution in [2.75, 3.05) is 27.3 Å². The van der Waals surface area contributed by atoms with Gasteiger partial charge in [-0.2, -0.15) is 0 Å². The average Bonchev–Trinajstić information content (AvgIpc) is 2.87. The normalized spacial score (nSPS) is 20.5. The fraction of sp³-hybridized carbons (Fsp3) is 0.533. The number of nitrogens with two attached hydrogens (primary N) is 1. The third kappa shape index (κ3) is 3.44. The van der Waals surface area contributed by atoms with Gasteiger partial charge in [0.2, 0.25) is 0 Å². The number of nitrogens with zero attached hydrogens (tertiary/aromatic N) is 1. The van der Waals surface area contributed by atoms with Crippen molar-refractivity contribution in [2.45, 2.75) is 19.4 Å². The van der Waals surface area contributed by atoms with E-state index in [-0.39, 0.29) is 41.6 Å². The minimum atomic E-state index is -0.610. The number of halogens is 2. The van der Waals surface area contributed by atoms with Gasteiger partial charge in [-0.3, -0.25) is 4.79 Å². The molecule has 1 saturated heterocycles. The number of likely N-dealkylation sites (tertiary alicyclic amines) is 1. The first-order valence-electron chi connectivity index (χ1n) is 6.94. The van der Waals surface area contributed by atoms with E-state index in [1.807, 2.05) is 6.92 Å². The molecule has 0 saturated carbocycles. The molecule has 2 rings (SSSR count). The fourth-order valence-electron chi connectivity index (χ4n) is 2.77. The maximum Gasteiger partial charge on any atom is 0.257 e. The molecule has 2 unspecified atom stereocenters. The summed E-state index contributed by atoms with van der Waals surface area (Å²) in [5.74, 6) is -0.0737. The van der Waals surface area contributed by atoms with Crippen LogP contribution in [0.2, 0.25) is 0 Å². The highest BCUT2D eigenvalue weighted by Crippen LogP contribution is 2.32. The third-order valence-corrected chi connectivity index (χ3v) is 3.96. The molecule has 0 radical (unpaired) electrons. The molecule has 22 heavy (non-hydrogen) atoms. The van der Waals surface area contributed by atoms with E-state index in [4.69, 9.17) is 15.2 Å². The maximum absolute atomic E-state index is 14.2. The molecule has 2 atom stereocenters. The van der Waals surface area contributed by atoms with E-state index in [0.717, 1.165) is 6.42 Å². The van der Waals surface area contributed by atoms with Crippen LogP contribution in [0.3, 0.4) is 0 Å². The predicted octanol–water partition coefficient (Wildman–Crippen LogP) is 2.07. The van der Waals surface area contributed by atoms with E-state index in [1.165, 1.54) is 26.4 Å². The van der Waals surface area contributed by atoms with Crippen molar-refractivity contribution in [1.82, 2.24) is 4.90 Å². The Morgan fingerprint density at radius 2 is 1.95 bits per heavy atom. The Labute approximate surface area is 136 Å². The quantitative estimate of drug-likeness (QED) is 0.916. The van der Waals surface area contributed by atoms with E-state index in [1.54, 1.807) is 4.90 Å². The van der Waals surface area contributed by atoms with Crippen molar-refractivity contribution in [3.8, 4) is 11.5 Å². The zero-order valence-corrected chi connectivity index (χ0v) is 13.8. The molecule has 1 heterocycles. The molecule has 1 amide bonds. The van der Waals surface area contributed by atoms with Crippen LogP contribution in [-0.4, -0.2) is 44.2 Å².